The van der Waals surface area contributed by atoms with Crippen molar-refractivity contribution in [1.29, 1.82) is 0 Å². The Bertz CT molecular complexity index is 1270. The van der Waals surface area contributed by atoms with Crippen LogP contribution in [0.4, 0.5) is 0 Å². The molecule has 5 unspecified atom stereocenters. The average Bonchev–Trinajstić information content (AvgIpc) is 3.74. The normalized spacial score (nSPS) is 47.0. The fourth-order valence-corrected chi connectivity index (χ4v) is 9.65. The van der Waals surface area contributed by atoms with Gasteiger partial charge in [-0.15, -0.1) is 0 Å². The first kappa shape index (κ1) is 41.8. The third kappa shape index (κ3) is 7.97. The number of hydrogen-bond donors (Lipinski definition) is 4. The molecule has 0 aliphatic carbocycles. The van der Waals surface area contributed by atoms with E-state index in [1.807, 2.05) is 34.6 Å². The van der Waals surface area contributed by atoms with Crippen LogP contribution >= 0.6 is 0 Å². The third-order valence-corrected chi connectivity index (χ3v) is 12.9. The monoisotopic (exact) mass is 741 g/mol. The molecule has 13 heteroatoms. The fraction of sp³-hybridized carbons (Fsp3) is 0.923. The summed E-state index contributed by atoms with van der Waals surface area (Å²) in [5, 5.41) is 45.6. The minimum atomic E-state index is -1.82. The van der Waals surface area contributed by atoms with Crippen LogP contribution in [0.1, 0.15) is 108 Å². The predicted octanol–water partition coefficient (Wildman–Crippen LogP) is 3.43. The van der Waals surface area contributed by atoms with Crippen LogP contribution < -0.4 is 0 Å². The first-order valence-corrected chi connectivity index (χ1v) is 19.5. The Hall–Kier alpha value is -1.39. The summed E-state index contributed by atoms with van der Waals surface area (Å²) in [6.07, 6.45) is -4.84. The van der Waals surface area contributed by atoms with E-state index >= 15 is 0 Å². The number of methoxy groups -OCH3 is 1. The van der Waals surface area contributed by atoms with E-state index in [0.717, 1.165) is 31.5 Å². The summed E-state index contributed by atoms with van der Waals surface area (Å²) in [4.78, 5) is 16.7. The molecule has 13 nitrogen and oxygen atoms in total. The van der Waals surface area contributed by atoms with E-state index in [0.29, 0.717) is 18.6 Å². The van der Waals surface area contributed by atoms with Gasteiger partial charge >= 0.3 is 5.97 Å². The number of carbonyl (C=O) groups is 1. The molecule has 4 N–H and O–H groups in total. The van der Waals surface area contributed by atoms with Gasteiger partial charge in [0.05, 0.1) is 41.9 Å². The van der Waals surface area contributed by atoms with E-state index in [9.17, 15) is 25.2 Å². The van der Waals surface area contributed by atoms with Crippen LogP contribution in [0.15, 0.2) is 11.3 Å². The summed E-state index contributed by atoms with van der Waals surface area (Å²) in [5.41, 5.74) is -2.92. The molecule has 4 saturated heterocycles. The van der Waals surface area contributed by atoms with Crippen molar-refractivity contribution >= 4 is 5.97 Å². The van der Waals surface area contributed by atoms with Gasteiger partial charge in [-0.1, -0.05) is 20.8 Å². The lowest BCUT2D eigenvalue weighted by atomic mass is 9.78. The van der Waals surface area contributed by atoms with Crippen molar-refractivity contribution in [1.82, 2.24) is 4.90 Å². The second kappa shape index (κ2) is 16.0. The van der Waals surface area contributed by atoms with Crippen molar-refractivity contribution in [2.45, 2.75) is 192 Å². The molecule has 0 spiro atoms. The predicted molar refractivity (Wildman–Crippen MR) is 191 cm³/mol. The number of cyclic esters (lactones) is 1. The maximum Gasteiger partial charge on any atom is 0.311 e. The van der Waals surface area contributed by atoms with Crippen LogP contribution in [0.3, 0.4) is 0 Å². The molecule has 0 saturated carbocycles. The van der Waals surface area contributed by atoms with Crippen LogP contribution in [0.2, 0.25) is 0 Å². The molecule has 2 bridgehead atoms. The van der Waals surface area contributed by atoms with Crippen LogP contribution in [-0.2, 0) is 38.0 Å². The summed E-state index contributed by atoms with van der Waals surface area (Å²) < 4.78 is 45.2. The Kier molecular flexibility index (Phi) is 12.8. The first-order chi connectivity index (χ1) is 24.3. The number of likely N-dealkylation sites (tertiary alicyclic amines) is 1. The number of rotatable bonds is 9. The van der Waals surface area contributed by atoms with Gasteiger partial charge in [-0.3, -0.25) is 9.69 Å². The Morgan fingerprint density at radius 2 is 1.69 bits per heavy atom. The molecule has 5 heterocycles. The molecular formula is C39H67NO12. The lowest BCUT2D eigenvalue weighted by Gasteiger charge is -2.48. The minimum absolute atomic E-state index is 0.133. The Labute approximate surface area is 310 Å². The summed E-state index contributed by atoms with van der Waals surface area (Å²) >= 11 is 0. The van der Waals surface area contributed by atoms with Crippen LogP contribution in [0.5, 0.6) is 0 Å². The number of aliphatic hydroxyl groups excluding tert-OH is 3. The molecule has 4 fully saturated rings. The van der Waals surface area contributed by atoms with Gasteiger partial charge in [-0.25, -0.2) is 0 Å². The molecule has 0 aromatic heterocycles. The number of esters is 1. The fourth-order valence-electron chi connectivity index (χ4n) is 9.65. The number of carbonyl (C=O) groups excluding carboxylic acids is 1. The van der Waals surface area contributed by atoms with Crippen molar-refractivity contribution < 1.29 is 58.4 Å². The molecule has 0 aromatic carbocycles. The molecule has 52 heavy (non-hydrogen) atoms. The first-order valence-electron chi connectivity index (χ1n) is 19.5. The third-order valence-electron chi connectivity index (χ3n) is 12.9. The molecule has 5 aliphatic rings. The largest absolute Gasteiger partial charge is 0.488 e. The van der Waals surface area contributed by atoms with E-state index in [1.165, 1.54) is 14.0 Å². The van der Waals surface area contributed by atoms with E-state index in [4.69, 9.17) is 33.2 Å². The number of fused-ring (bicyclic) bond motifs is 2. The van der Waals surface area contributed by atoms with Gasteiger partial charge in [0, 0.05) is 31.9 Å². The Morgan fingerprint density at radius 3 is 2.31 bits per heavy atom. The van der Waals surface area contributed by atoms with E-state index < -0.39 is 95.8 Å². The quantitative estimate of drug-likeness (QED) is 0.254. The number of nitrogens with zero attached hydrogens (tertiary/aromatic N) is 1. The van der Waals surface area contributed by atoms with Gasteiger partial charge in [0.2, 0.25) is 0 Å². The smallest absolute Gasteiger partial charge is 0.311 e. The average molecular weight is 742 g/mol. The molecule has 5 aliphatic heterocycles. The lowest BCUT2D eigenvalue weighted by molar-refractivity contribution is -0.316. The molecule has 0 radical (unpaired) electrons. The van der Waals surface area contributed by atoms with E-state index in [1.54, 1.807) is 27.7 Å². The van der Waals surface area contributed by atoms with Gasteiger partial charge in [0.15, 0.2) is 12.6 Å². The Balaban J connectivity index is 1.57. The van der Waals surface area contributed by atoms with Gasteiger partial charge < -0.3 is 53.6 Å². The molecule has 17 atom stereocenters. The van der Waals surface area contributed by atoms with Crippen molar-refractivity contribution in [3.8, 4) is 0 Å². The van der Waals surface area contributed by atoms with Crippen molar-refractivity contribution in [2.75, 3.05) is 20.2 Å². The number of aliphatic hydroxyl groups is 4. The minimum Gasteiger partial charge on any atom is -0.488 e. The standard InChI is InChI=1S/C39H67NO12/c1-12-27(41)39(10,45)34-22(4)30-20(2)18-38(9,52-30)33(51-36-29(42)26(17-21(3)47-36)40-15-13-14-16-40)23(5)31(24(6)35(44)50-34)49-28-19-37(8,46-11)32(43)25(7)48-28/h21-29,31-34,36,41-43,45H,12-19H2,1-11H3/t21?,22-,23-,24+,25?,26?,27-,28-,29?,31-,32-,33+,34+,36-,37?,38+,39+/m0/s1. The van der Waals surface area contributed by atoms with Gasteiger partial charge in [0.1, 0.15) is 41.4 Å². The highest BCUT2D eigenvalue weighted by Crippen LogP contribution is 2.48. The number of hydrogen-bond acceptors (Lipinski definition) is 13. The van der Waals surface area contributed by atoms with E-state index in [2.05, 4.69) is 4.90 Å². The molecular weight excluding hydrogens is 674 g/mol. The second-order valence-electron chi connectivity index (χ2n) is 17.1. The zero-order chi connectivity index (χ0) is 38.5. The van der Waals surface area contributed by atoms with Crippen LogP contribution in [0, 0.1) is 17.8 Å². The zero-order valence-electron chi connectivity index (χ0n) is 33.2. The van der Waals surface area contributed by atoms with Crippen LogP contribution in [-0.4, -0.2) is 136 Å². The summed E-state index contributed by atoms with van der Waals surface area (Å²) in [7, 11) is 1.53. The molecule has 300 valence electrons. The van der Waals surface area contributed by atoms with Gasteiger partial charge in [-0.2, -0.15) is 0 Å². The Morgan fingerprint density at radius 1 is 1.04 bits per heavy atom. The highest BCUT2D eigenvalue weighted by Gasteiger charge is 2.57. The highest BCUT2D eigenvalue weighted by molar-refractivity contribution is 5.73. The zero-order valence-corrected chi connectivity index (χ0v) is 33.2. The lowest BCUT2D eigenvalue weighted by Crippen LogP contribution is -2.60. The molecule has 5 rings (SSSR count). The summed E-state index contributed by atoms with van der Waals surface area (Å²) in [6.45, 7) is 20.0. The van der Waals surface area contributed by atoms with Gasteiger partial charge in [0.25, 0.3) is 0 Å². The van der Waals surface area contributed by atoms with Crippen molar-refractivity contribution in [3.05, 3.63) is 11.3 Å². The van der Waals surface area contributed by atoms with Crippen LogP contribution in [0.25, 0.3) is 0 Å². The molecule has 0 aromatic rings. The second-order valence-corrected chi connectivity index (χ2v) is 17.1. The molecule has 0 amide bonds. The SMILES string of the molecule is CC[C@H](O)[C@@](C)(O)[C@@H]1OC(=O)[C@H](C)[C@@H](O[C@H]2CC(C)(OC)[C@@H](O)C(C)O2)[C@H](C)[C@@H](O[C@@H]2OC(C)CC(N3CCCC3)C2O)[C@@]2(C)CC(C)=C(O2)[C@@H]1C. The van der Waals surface area contributed by atoms with Crippen molar-refractivity contribution in [3.63, 3.8) is 0 Å². The van der Waals surface area contributed by atoms with Gasteiger partial charge in [-0.05, 0) is 92.8 Å². The topological polar surface area (TPSA) is 166 Å². The summed E-state index contributed by atoms with van der Waals surface area (Å²) in [5.74, 6) is -2.21. The maximum absolute atomic E-state index is 14.3. The van der Waals surface area contributed by atoms with E-state index in [-0.39, 0.29) is 25.0 Å². The maximum atomic E-state index is 14.3. The summed E-state index contributed by atoms with van der Waals surface area (Å²) in [6, 6.07) is -0.133. The number of ether oxygens (including phenoxy) is 7. The van der Waals surface area contributed by atoms with Crippen molar-refractivity contribution in [2.24, 2.45) is 17.8 Å². The highest BCUT2D eigenvalue weighted by atomic mass is 16.7.